The van der Waals surface area contributed by atoms with Crippen LogP contribution in [0.15, 0.2) is 4.99 Å². The summed E-state index contributed by atoms with van der Waals surface area (Å²) in [4.78, 5) is 7.07. The second kappa shape index (κ2) is 6.31. The van der Waals surface area contributed by atoms with Crippen LogP contribution in [-0.4, -0.2) is 55.3 Å². The minimum atomic E-state index is 0.472. The highest BCUT2D eigenvalue weighted by Crippen LogP contribution is 2.37. The Morgan fingerprint density at radius 1 is 1.40 bits per heavy atom. The molecule has 1 aliphatic carbocycles. The molecule has 3 N–H and O–H groups in total. The molecule has 5 heteroatoms. The van der Waals surface area contributed by atoms with Crippen LogP contribution in [0, 0.1) is 5.92 Å². The van der Waals surface area contributed by atoms with Crippen molar-refractivity contribution in [3.05, 3.63) is 0 Å². The number of likely N-dealkylation sites (tertiary alicyclic amines) is 1. The molecule has 3 rings (SSSR count). The summed E-state index contributed by atoms with van der Waals surface area (Å²) in [6.07, 6.45) is 6.56. The number of likely N-dealkylation sites (N-methyl/N-ethyl adjacent to an activating group) is 1. The van der Waals surface area contributed by atoms with Gasteiger partial charge in [-0.3, -0.25) is 9.89 Å². The van der Waals surface area contributed by atoms with Crippen LogP contribution in [0.25, 0.3) is 0 Å². The van der Waals surface area contributed by atoms with Gasteiger partial charge in [0, 0.05) is 24.6 Å². The van der Waals surface area contributed by atoms with Gasteiger partial charge in [-0.25, -0.2) is 0 Å². The van der Waals surface area contributed by atoms with Gasteiger partial charge in [0.1, 0.15) is 0 Å². The van der Waals surface area contributed by atoms with E-state index in [1.54, 1.807) is 0 Å². The van der Waals surface area contributed by atoms with E-state index < -0.39 is 0 Å². The van der Waals surface area contributed by atoms with Crippen molar-refractivity contribution in [3.63, 3.8) is 0 Å². The van der Waals surface area contributed by atoms with Crippen molar-refractivity contribution < 1.29 is 4.74 Å². The fourth-order valence-electron chi connectivity index (χ4n) is 3.92. The van der Waals surface area contributed by atoms with E-state index in [0.29, 0.717) is 30.1 Å². The highest BCUT2D eigenvalue weighted by molar-refractivity contribution is 5.78. The minimum absolute atomic E-state index is 0.472. The first kappa shape index (κ1) is 14.1. The Morgan fingerprint density at radius 3 is 3.10 bits per heavy atom. The van der Waals surface area contributed by atoms with Crippen molar-refractivity contribution in [1.29, 1.82) is 0 Å². The van der Waals surface area contributed by atoms with E-state index in [2.05, 4.69) is 22.1 Å². The van der Waals surface area contributed by atoms with Gasteiger partial charge in [0.15, 0.2) is 5.96 Å². The van der Waals surface area contributed by atoms with Crippen LogP contribution in [0.5, 0.6) is 0 Å². The summed E-state index contributed by atoms with van der Waals surface area (Å²) < 4.78 is 5.73. The van der Waals surface area contributed by atoms with Gasteiger partial charge in [0.25, 0.3) is 0 Å². The lowest BCUT2D eigenvalue weighted by molar-refractivity contribution is -0.0989. The molecule has 2 saturated heterocycles. The lowest BCUT2D eigenvalue weighted by Crippen LogP contribution is -2.59. The largest absolute Gasteiger partial charge is 0.378 e. The third-order valence-electron chi connectivity index (χ3n) is 5.21. The quantitative estimate of drug-likeness (QED) is 0.594. The number of hydrogen-bond acceptors (Lipinski definition) is 3. The topological polar surface area (TPSA) is 62.9 Å². The van der Waals surface area contributed by atoms with Crippen LogP contribution < -0.4 is 11.1 Å². The van der Waals surface area contributed by atoms with E-state index in [1.165, 1.54) is 32.2 Å². The van der Waals surface area contributed by atoms with Crippen LogP contribution in [0.1, 0.15) is 39.0 Å². The van der Waals surface area contributed by atoms with E-state index in [9.17, 15) is 0 Å². The van der Waals surface area contributed by atoms with E-state index in [0.717, 1.165) is 26.1 Å². The van der Waals surface area contributed by atoms with Crippen molar-refractivity contribution in [2.75, 3.05) is 26.2 Å². The number of nitrogens with zero attached hydrogens (tertiary/aromatic N) is 2. The Labute approximate surface area is 121 Å². The molecule has 4 unspecified atom stereocenters. The third-order valence-corrected chi connectivity index (χ3v) is 5.21. The van der Waals surface area contributed by atoms with E-state index in [1.807, 2.05) is 0 Å². The zero-order valence-corrected chi connectivity index (χ0v) is 12.6. The third kappa shape index (κ3) is 2.93. The van der Waals surface area contributed by atoms with Crippen molar-refractivity contribution in [2.45, 2.75) is 57.2 Å². The predicted octanol–water partition coefficient (Wildman–Crippen LogP) is 0.943. The molecular formula is C15H28N4O. The number of hydrogen-bond donors (Lipinski definition) is 2. The van der Waals surface area contributed by atoms with Crippen molar-refractivity contribution in [2.24, 2.45) is 16.6 Å². The summed E-state index contributed by atoms with van der Waals surface area (Å²) >= 11 is 0. The van der Waals surface area contributed by atoms with Crippen molar-refractivity contribution >= 4 is 5.96 Å². The molecule has 114 valence electrons. The molecule has 2 heterocycles. The molecule has 20 heavy (non-hydrogen) atoms. The molecule has 5 nitrogen and oxygen atoms in total. The Bertz CT molecular complexity index is 360. The number of rotatable bonds is 4. The van der Waals surface area contributed by atoms with Crippen LogP contribution in [0.4, 0.5) is 0 Å². The zero-order chi connectivity index (χ0) is 13.9. The van der Waals surface area contributed by atoms with E-state index >= 15 is 0 Å². The summed E-state index contributed by atoms with van der Waals surface area (Å²) in [5.74, 6) is 1.28. The molecule has 2 aliphatic heterocycles. The number of guanidine groups is 1. The van der Waals surface area contributed by atoms with Gasteiger partial charge in [-0.05, 0) is 45.2 Å². The van der Waals surface area contributed by atoms with Crippen molar-refractivity contribution in [1.82, 2.24) is 10.2 Å². The minimum Gasteiger partial charge on any atom is -0.378 e. The molecule has 3 fully saturated rings. The normalized spacial score (nSPS) is 38.4. The SMILES string of the molecule is CCN1CCCC1CN=C(N)NC1CC2OCCCC12. The highest BCUT2D eigenvalue weighted by Gasteiger charge is 2.43. The Hall–Kier alpha value is -0.810. The highest BCUT2D eigenvalue weighted by atomic mass is 16.5. The molecule has 0 aromatic heterocycles. The summed E-state index contributed by atoms with van der Waals surface area (Å²) in [6, 6.07) is 1.07. The molecule has 0 spiro atoms. The number of ether oxygens (including phenoxy) is 1. The molecule has 3 aliphatic rings. The van der Waals surface area contributed by atoms with Crippen LogP contribution in [-0.2, 0) is 4.74 Å². The number of nitrogens with two attached hydrogens (primary N) is 1. The van der Waals surface area contributed by atoms with Gasteiger partial charge in [-0.15, -0.1) is 0 Å². The average Bonchev–Trinajstić information content (AvgIpc) is 2.90. The second-order valence-electron chi connectivity index (χ2n) is 6.35. The van der Waals surface area contributed by atoms with Gasteiger partial charge in [-0.1, -0.05) is 6.92 Å². The van der Waals surface area contributed by atoms with Gasteiger partial charge in [0.2, 0.25) is 0 Å². The first-order valence-electron chi connectivity index (χ1n) is 8.20. The maximum Gasteiger partial charge on any atom is 0.188 e. The first-order chi connectivity index (χ1) is 9.78. The summed E-state index contributed by atoms with van der Waals surface area (Å²) in [6.45, 7) is 6.34. The molecule has 0 amide bonds. The maximum absolute atomic E-state index is 6.05. The number of fused-ring (bicyclic) bond motifs is 1. The standard InChI is InChI=1S/C15H28N4O/c1-2-19-7-3-5-11(19)10-17-15(16)18-13-9-14-12(13)6-4-8-20-14/h11-14H,2-10H2,1H3,(H3,16,17,18). The fraction of sp³-hybridized carbons (Fsp3) is 0.933. The van der Waals surface area contributed by atoms with Gasteiger partial charge < -0.3 is 15.8 Å². The van der Waals surface area contributed by atoms with Crippen LogP contribution in [0.2, 0.25) is 0 Å². The summed E-state index contributed by atoms with van der Waals surface area (Å²) in [5, 5.41) is 3.40. The van der Waals surface area contributed by atoms with Gasteiger partial charge in [-0.2, -0.15) is 0 Å². The van der Waals surface area contributed by atoms with E-state index in [4.69, 9.17) is 10.5 Å². The Balaban J connectivity index is 1.44. The lowest BCUT2D eigenvalue weighted by Gasteiger charge is -2.47. The van der Waals surface area contributed by atoms with Gasteiger partial charge in [0.05, 0.1) is 12.6 Å². The first-order valence-corrected chi connectivity index (χ1v) is 8.20. The lowest BCUT2D eigenvalue weighted by atomic mass is 9.72. The fourth-order valence-corrected chi connectivity index (χ4v) is 3.92. The second-order valence-corrected chi connectivity index (χ2v) is 6.35. The summed E-state index contributed by atoms with van der Waals surface area (Å²) in [5.41, 5.74) is 6.05. The Kier molecular flexibility index (Phi) is 4.46. The monoisotopic (exact) mass is 280 g/mol. The number of aliphatic imine (C=N–C) groups is 1. The molecule has 0 aromatic rings. The molecule has 0 bridgehead atoms. The Morgan fingerprint density at radius 2 is 2.30 bits per heavy atom. The van der Waals surface area contributed by atoms with Crippen LogP contribution >= 0.6 is 0 Å². The van der Waals surface area contributed by atoms with Crippen LogP contribution in [0.3, 0.4) is 0 Å². The number of nitrogens with one attached hydrogen (secondary N) is 1. The maximum atomic E-state index is 6.05. The molecule has 1 saturated carbocycles. The molecule has 0 radical (unpaired) electrons. The molecule has 4 atom stereocenters. The smallest absolute Gasteiger partial charge is 0.188 e. The zero-order valence-electron chi connectivity index (χ0n) is 12.6. The van der Waals surface area contributed by atoms with E-state index in [-0.39, 0.29) is 0 Å². The summed E-state index contributed by atoms with van der Waals surface area (Å²) in [7, 11) is 0. The predicted molar refractivity (Wildman–Crippen MR) is 80.8 cm³/mol. The molecule has 0 aromatic carbocycles. The van der Waals surface area contributed by atoms with Crippen molar-refractivity contribution in [3.8, 4) is 0 Å². The average molecular weight is 280 g/mol. The van der Waals surface area contributed by atoms with Gasteiger partial charge >= 0.3 is 0 Å². The molecular weight excluding hydrogens is 252 g/mol.